The van der Waals surface area contributed by atoms with Crippen molar-refractivity contribution in [2.75, 3.05) is 5.32 Å². The highest BCUT2D eigenvalue weighted by molar-refractivity contribution is 6.33. The first-order valence-corrected chi connectivity index (χ1v) is 7.69. The van der Waals surface area contributed by atoms with Gasteiger partial charge in [0.2, 0.25) is 5.95 Å². The molecule has 2 N–H and O–H groups in total. The third-order valence-corrected chi connectivity index (χ3v) is 3.92. The number of hydrogen-bond donors (Lipinski definition) is 2. The molecule has 0 bridgehead atoms. The van der Waals surface area contributed by atoms with Gasteiger partial charge >= 0.3 is 0 Å². The molecule has 0 aliphatic rings. The summed E-state index contributed by atoms with van der Waals surface area (Å²) in [5.74, 6) is 0.713. The fraction of sp³-hybridized carbons (Fsp3) is 0. The molecule has 0 saturated carbocycles. The number of fused-ring (bicyclic) bond motifs is 1. The van der Waals surface area contributed by atoms with Crippen molar-refractivity contribution in [1.29, 1.82) is 0 Å². The van der Waals surface area contributed by atoms with Crippen molar-refractivity contribution in [3.8, 4) is 11.3 Å². The zero-order valence-electron chi connectivity index (χ0n) is 12.4. The molecule has 2 aromatic heterocycles. The van der Waals surface area contributed by atoms with Crippen LogP contribution in [0.1, 0.15) is 10.6 Å². The van der Waals surface area contributed by atoms with E-state index in [0.29, 0.717) is 16.7 Å². The minimum Gasteiger partial charge on any atom is -0.451 e. The molecule has 24 heavy (non-hydrogen) atoms. The van der Waals surface area contributed by atoms with Crippen LogP contribution in [-0.4, -0.2) is 15.9 Å². The van der Waals surface area contributed by atoms with Gasteiger partial charge in [-0.05, 0) is 36.4 Å². The van der Waals surface area contributed by atoms with Gasteiger partial charge in [-0.25, -0.2) is 4.98 Å². The van der Waals surface area contributed by atoms with Crippen LogP contribution in [-0.2, 0) is 0 Å². The number of aromatic nitrogens is 2. The number of furan rings is 1. The number of nitrogens with zero attached hydrogens (tertiary/aromatic N) is 1. The smallest absolute Gasteiger partial charge is 0.293 e. The van der Waals surface area contributed by atoms with E-state index in [2.05, 4.69) is 15.3 Å². The van der Waals surface area contributed by atoms with E-state index < -0.39 is 0 Å². The van der Waals surface area contributed by atoms with Gasteiger partial charge in [0.1, 0.15) is 5.76 Å². The zero-order valence-corrected chi connectivity index (χ0v) is 13.2. The second-order valence-corrected chi connectivity index (χ2v) is 5.61. The second kappa shape index (κ2) is 5.86. The minimum atomic E-state index is -0.382. The summed E-state index contributed by atoms with van der Waals surface area (Å²) < 4.78 is 5.62. The Morgan fingerprint density at radius 1 is 1.04 bits per heavy atom. The Morgan fingerprint density at radius 2 is 1.83 bits per heavy atom. The van der Waals surface area contributed by atoms with Crippen molar-refractivity contribution in [3.63, 3.8) is 0 Å². The lowest BCUT2D eigenvalue weighted by molar-refractivity contribution is 0.0996. The van der Waals surface area contributed by atoms with Gasteiger partial charge in [-0.1, -0.05) is 35.9 Å². The first-order valence-electron chi connectivity index (χ1n) is 7.31. The predicted molar refractivity (Wildman–Crippen MR) is 93.2 cm³/mol. The van der Waals surface area contributed by atoms with Crippen LogP contribution in [0.2, 0.25) is 5.02 Å². The molecule has 0 fully saturated rings. The maximum atomic E-state index is 12.3. The summed E-state index contributed by atoms with van der Waals surface area (Å²) in [6.07, 6.45) is 0. The maximum absolute atomic E-state index is 12.3. The van der Waals surface area contributed by atoms with E-state index in [0.717, 1.165) is 16.6 Å². The average Bonchev–Trinajstić information content (AvgIpc) is 3.21. The predicted octanol–water partition coefficient (Wildman–Crippen LogP) is 4.73. The second-order valence-electron chi connectivity index (χ2n) is 5.20. The molecule has 0 radical (unpaired) electrons. The van der Waals surface area contributed by atoms with Crippen LogP contribution in [0, 0.1) is 0 Å². The van der Waals surface area contributed by atoms with E-state index in [1.165, 1.54) is 0 Å². The number of halogens is 1. The summed E-state index contributed by atoms with van der Waals surface area (Å²) in [4.78, 5) is 19.7. The third kappa shape index (κ3) is 2.66. The number of nitrogens with one attached hydrogen (secondary N) is 2. The van der Waals surface area contributed by atoms with E-state index in [4.69, 9.17) is 16.0 Å². The monoisotopic (exact) mass is 337 g/mol. The lowest BCUT2D eigenvalue weighted by Gasteiger charge is -2.00. The van der Waals surface area contributed by atoms with Crippen molar-refractivity contribution in [3.05, 3.63) is 71.4 Å². The maximum Gasteiger partial charge on any atom is 0.293 e. The Morgan fingerprint density at radius 3 is 2.67 bits per heavy atom. The molecule has 4 rings (SSSR count). The summed E-state index contributed by atoms with van der Waals surface area (Å²) in [7, 11) is 0. The third-order valence-electron chi connectivity index (χ3n) is 3.59. The van der Waals surface area contributed by atoms with Gasteiger partial charge in [0.25, 0.3) is 5.91 Å². The minimum absolute atomic E-state index is 0.186. The number of imidazole rings is 1. The normalized spacial score (nSPS) is 10.9. The Balaban J connectivity index is 1.58. The molecule has 0 aliphatic carbocycles. The van der Waals surface area contributed by atoms with E-state index in [1.807, 2.05) is 42.5 Å². The number of para-hydroxylation sites is 2. The van der Waals surface area contributed by atoms with E-state index in [1.54, 1.807) is 18.2 Å². The van der Waals surface area contributed by atoms with Crippen LogP contribution < -0.4 is 5.32 Å². The molecule has 1 amide bonds. The molecule has 118 valence electrons. The van der Waals surface area contributed by atoms with Crippen molar-refractivity contribution < 1.29 is 9.21 Å². The molecule has 0 aliphatic heterocycles. The molecular weight excluding hydrogens is 326 g/mol. The van der Waals surface area contributed by atoms with Crippen LogP contribution >= 0.6 is 11.6 Å². The molecule has 0 atom stereocenters. The summed E-state index contributed by atoms with van der Waals surface area (Å²) in [5.41, 5.74) is 2.37. The van der Waals surface area contributed by atoms with Crippen LogP contribution in [0.4, 0.5) is 5.95 Å². The molecule has 2 aromatic carbocycles. The van der Waals surface area contributed by atoms with Crippen LogP contribution in [0.3, 0.4) is 0 Å². The van der Waals surface area contributed by atoms with Crippen molar-refractivity contribution in [2.45, 2.75) is 0 Å². The molecule has 0 saturated heterocycles. The fourth-order valence-corrected chi connectivity index (χ4v) is 2.68. The molecule has 4 aromatic rings. The Bertz CT molecular complexity index is 1000. The van der Waals surface area contributed by atoms with Crippen molar-refractivity contribution in [2.24, 2.45) is 0 Å². The number of rotatable bonds is 3. The largest absolute Gasteiger partial charge is 0.451 e. The average molecular weight is 338 g/mol. The van der Waals surface area contributed by atoms with Gasteiger partial charge in [0.05, 0.1) is 16.1 Å². The van der Waals surface area contributed by atoms with E-state index >= 15 is 0 Å². The number of benzene rings is 2. The Labute approximate surface area is 142 Å². The summed E-state index contributed by atoms with van der Waals surface area (Å²) >= 11 is 6.15. The number of hydrogen-bond acceptors (Lipinski definition) is 3. The van der Waals surface area contributed by atoms with Crippen LogP contribution in [0.25, 0.3) is 22.4 Å². The standard InChI is InChI=1S/C18H12ClN3O2/c19-12-6-2-1-5-11(12)15-9-10-16(24-15)17(23)22-18-20-13-7-3-4-8-14(13)21-18/h1-10H,(H2,20,21,22,23). The highest BCUT2D eigenvalue weighted by atomic mass is 35.5. The number of carbonyl (C=O) groups is 1. The molecule has 5 nitrogen and oxygen atoms in total. The zero-order chi connectivity index (χ0) is 16.5. The molecule has 0 spiro atoms. The quantitative estimate of drug-likeness (QED) is 0.567. The van der Waals surface area contributed by atoms with E-state index in [-0.39, 0.29) is 11.7 Å². The lowest BCUT2D eigenvalue weighted by atomic mass is 10.2. The summed E-state index contributed by atoms with van der Waals surface area (Å²) in [5, 5.41) is 3.26. The Hall–Kier alpha value is -3.05. The first kappa shape index (κ1) is 14.5. The molecular formula is C18H12ClN3O2. The number of H-pyrrole nitrogens is 1. The van der Waals surface area contributed by atoms with Gasteiger partial charge in [-0.3, -0.25) is 10.1 Å². The number of carbonyl (C=O) groups excluding carboxylic acids is 1. The van der Waals surface area contributed by atoms with Crippen molar-refractivity contribution >= 4 is 34.5 Å². The highest BCUT2D eigenvalue weighted by Crippen LogP contribution is 2.29. The van der Waals surface area contributed by atoms with Gasteiger partial charge in [0.15, 0.2) is 5.76 Å². The number of aromatic amines is 1. The summed E-state index contributed by atoms with van der Waals surface area (Å²) in [6, 6.07) is 18.2. The Kier molecular flexibility index (Phi) is 3.55. The van der Waals surface area contributed by atoms with Gasteiger partial charge in [-0.15, -0.1) is 0 Å². The molecule has 2 heterocycles. The SMILES string of the molecule is O=C(Nc1nc2ccccc2[nH]1)c1ccc(-c2ccccc2Cl)o1. The molecule has 6 heteroatoms. The van der Waals surface area contributed by atoms with Gasteiger partial charge < -0.3 is 9.40 Å². The van der Waals surface area contributed by atoms with Crippen LogP contribution in [0.5, 0.6) is 0 Å². The van der Waals surface area contributed by atoms with E-state index in [9.17, 15) is 4.79 Å². The molecule has 0 unspecified atom stereocenters. The summed E-state index contributed by atoms with van der Waals surface area (Å²) in [6.45, 7) is 0. The number of anilines is 1. The van der Waals surface area contributed by atoms with Gasteiger partial charge in [0, 0.05) is 5.56 Å². The van der Waals surface area contributed by atoms with Crippen LogP contribution in [0.15, 0.2) is 65.1 Å². The van der Waals surface area contributed by atoms with Crippen molar-refractivity contribution in [1.82, 2.24) is 9.97 Å². The lowest BCUT2D eigenvalue weighted by Crippen LogP contribution is -2.11. The topological polar surface area (TPSA) is 70.9 Å². The highest BCUT2D eigenvalue weighted by Gasteiger charge is 2.15. The first-order chi connectivity index (χ1) is 11.7. The van der Waals surface area contributed by atoms with Gasteiger partial charge in [-0.2, -0.15) is 0 Å². The number of amides is 1. The fourth-order valence-electron chi connectivity index (χ4n) is 2.45.